The number of aromatic nitrogens is 2. The molecule has 1 radical (unpaired) electrons. The van der Waals surface area contributed by atoms with Gasteiger partial charge in [0.1, 0.15) is 0 Å². The second-order valence-corrected chi connectivity index (χ2v) is 17.3. The normalized spacial score (nSPS) is 11.2. The Bertz CT molecular complexity index is 3220. The SMILES string of the molecule is CC(C)(C)c1cncc(-c2ccccc2-c2cc(-c3ccccc3-c3c[c-]ccc3)cc(-c3ccccc3-c3cnc(-c4[c-]cccc4)cc3-c3ccc(-c4ccccc4)cc3)c2)c1.[Ir]. The van der Waals surface area contributed by atoms with Gasteiger partial charge in [0.15, 0.2) is 0 Å². The first-order valence-electron chi connectivity index (χ1n) is 21.9. The zero-order valence-electron chi connectivity index (χ0n) is 36.6. The van der Waals surface area contributed by atoms with Crippen LogP contribution in [0, 0.1) is 12.1 Å². The summed E-state index contributed by atoms with van der Waals surface area (Å²) < 4.78 is 0. The van der Waals surface area contributed by atoms with Crippen molar-refractivity contribution in [3.63, 3.8) is 0 Å². The zero-order chi connectivity index (χ0) is 43.5. The Labute approximate surface area is 396 Å². The van der Waals surface area contributed by atoms with Crippen LogP contribution in [0.1, 0.15) is 26.3 Å². The molecule has 0 spiro atoms. The van der Waals surface area contributed by atoms with Crippen molar-refractivity contribution in [2.45, 2.75) is 26.2 Å². The third kappa shape index (κ3) is 9.08. The van der Waals surface area contributed by atoms with E-state index < -0.39 is 0 Å². The van der Waals surface area contributed by atoms with Gasteiger partial charge in [-0.1, -0.05) is 160 Å². The molecule has 0 N–H and O–H groups in total. The largest absolute Gasteiger partial charge is 0.304 e. The van der Waals surface area contributed by atoms with Crippen LogP contribution < -0.4 is 0 Å². The molecule has 8 aromatic carbocycles. The predicted octanol–water partition coefficient (Wildman–Crippen LogP) is 16.4. The molecule has 3 heteroatoms. The minimum atomic E-state index is -0.0392. The molecule has 10 rings (SSSR count). The minimum absolute atomic E-state index is 0. The first kappa shape index (κ1) is 43.0. The number of hydrogen-bond donors (Lipinski definition) is 0. The molecule has 0 aliphatic rings. The van der Waals surface area contributed by atoms with Crippen LogP contribution >= 0.6 is 0 Å². The summed E-state index contributed by atoms with van der Waals surface area (Å²) in [5.74, 6) is 0. The van der Waals surface area contributed by atoms with Gasteiger partial charge in [0, 0.05) is 49.8 Å². The molecule has 0 aliphatic heterocycles. The Balaban J connectivity index is 0.00000533. The topological polar surface area (TPSA) is 25.8 Å². The van der Waals surface area contributed by atoms with E-state index >= 15 is 0 Å². The van der Waals surface area contributed by atoms with Gasteiger partial charge in [-0.3, -0.25) is 4.98 Å². The summed E-state index contributed by atoms with van der Waals surface area (Å²) >= 11 is 0. The smallest absolute Gasteiger partial charge is 0.0346 e. The fraction of sp³-hybridized carbons (Fsp3) is 0.0645. The number of benzene rings is 8. The van der Waals surface area contributed by atoms with Crippen LogP contribution in [0.4, 0.5) is 0 Å². The molecule has 65 heavy (non-hydrogen) atoms. The molecule has 2 nitrogen and oxygen atoms in total. The summed E-state index contributed by atoms with van der Waals surface area (Å²) in [5.41, 5.74) is 21.0. The van der Waals surface area contributed by atoms with Crippen LogP contribution in [-0.4, -0.2) is 9.97 Å². The van der Waals surface area contributed by atoms with Gasteiger partial charge in [0.05, 0.1) is 0 Å². The predicted molar refractivity (Wildman–Crippen MR) is 267 cm³/mol. The van der Waals surface area contributed by atoms with Gasteiger partial charge in [-0.2, -0.15) is 30.3 Å². The van der Waals surface area contributed by atoms with E-state index in [0.717, 1.165) is 89.1 Å². The van der Waals surface area contributed by atoms with E-state index in [1.165, 1.54) is 16.7 Å². The quantitative estimate of drug-likeness (QED) is 0.135. The summed E-state index contributed by atoms with van der Waals surface area (Å²) in [5, 5.41) is 0. The van der Waals surface area contributed by atoms with E-state index in [-0.39, 0.29) is 25.5 Å². The van der Waals surface area contributed by atoms with Crippen LogP contribution in [0.25, 0.3) is 100 Å². The molecule has 10 aromatic rings. The number of rotatable bonds is 9. The van der Waals surface area contributed by atoms with Crippen molar-refractivity contribution in [2.24, 2.45) is 0 Å². The maximum absolute atomic E-state index is 5.12. The number of hydrogen-bond acceptors (Lipinski definition) is 2. The number of nitrogens with zero attached hydrogens (tertiary/aromatic N) is 2. The average Bonchev–Trinajstić information content (AvgIpc) is 3.36. The molecule has 0 atom stereocenters. The fourth-order valence-corrected chi connectivity index (χ4v) is 8.68. The van der Waals surface area contributed by atoms with Crippen LogP contribution in [-0.2, 0) is 25.5 Å². The zero-order valence-corrected chi connectivity index (χ0v) is 39.0. The molecule has 0 saturated carbocycles. The molecule has 0 aliphatic carbocycles. The number of pyridine rings is 2. The van der Waals surface area contributed by atoms with E-state index in [1.807, 2.05) is 42.9 Å². The van der Waals surface area contributed by atoms with Crippen LogP contribution in [0.3, 0.4) is 0 Å². The summed E-state index contributed by atoms with van der Waals surface area (Å²) in [6.07, 6.45) is 6.03. The Morgan fingerprint density at radius 2 is 0.892 bits per heavy atom. The molecule has 315 valence electrons. The van der Waals surface area contributed by atoms with Gasteiger partial charge in [-0.05, 0) is 108 Å². The first-order valence-corrected chi connectivity index (χ1v) is 21.9. The second kappa shape index (κ2) is 18.8. The summed E-state index contributed by atoms with van der Waals surface area (Å²) in [4.78, 5) is 9.87. The van der Waals surface area contributed by atoms with Crippen molar-refractivity contribution in [3.05, 3.63) is 243 Å². The minimum Gasteiger partial charge on any atom is -0.304 e. The van der Waals surface area contributed by atoms with Crippen LogP contribution in [0.5, 0.6) is 0 Å². The summed E-state index contributed by atoms with van der Waals surface area (Å²) in [6, 6.07) is 80.3. The molecule has 0 saturated heterocycles. The van der Waals surface area contributed by atoms with E-state index in [0.29, 0.717) is 0 Å². The van der Waals surface area contributed by atoms with E-state index in [2.05, 4.69) is 215 Å². The second-order valence-electron chi connectivity index (χ2n) is 17.3. The summed E-state index contributed by atoms with van der Waals surface area (Å²) in [7, 11) is 0. The van der Waals surface area contributed by atoms with Crippen molar-refractivity contribution < 1.29 is 20.1 Å². The van der Waals surface area contributed by atoms with Gasteiger partial charge >= 0.3 is 0 Å². The van der Waals surface area contributed by atoms with Gasteiger partial charge in [-0.25, -0.2) is 0 Å². The Morgan fingerprint density at radius 3 is 1.48 bits per heavy atom. The first-order chi connectivity index (χ1) is 31.4. The van der Waals surface area contributed by atoms with Gasteiger partial charge in [-0.15, -0.1) is 41.5 Å². The monoisotopic (exact) mass is 1010 g/mol. The van der Waals surface area contributed by atoms with E-state index in [1.54, 1.807) is 0 Å². The molecule has 0 bridgehead atoms. The van der Waals surface area contributed by atoms with Gasteiger partial charge in [0.25, 0.3) is 0 Å². The summed E-state index contributed by atoms with van der Waals surface area (Å²) in [6.45, 7) is 6.72. The third-order valence-corrected chi connectivity index (χ3v) is 12.1. The molecular weight excluding hydrogens is 965 g/mol. The fourth-order valence-electron chi connectivity index (χ4n) is 8.68. The molecular formula is C62H46IrN2-2. The van der Waals surface area contributed by atoms with E-state index in [4.69, 9.17) is 9.97 Å². The van der Waals surface area contributed by atoms with Gasteiger partial charge in [0.2, 0.25) is 0 Å². The molecule has 0 unspecified atom stereocenters. The standard InChI is InChI=1S/C62H46N2.Ir/c1-62(2,3)52-38-51(40-63-41-52)57-29-16-15-27-55(57)49-35-48(54-26-14-13-25-53(54)45-21-9-5-10-22-45)36-50(37-49)56-28-17-18-30-58(56)60-42-64-61(47-23-11-6-12-24-47)39-59(60)46-33-31-44(32-34-46)43-19-7-4-8-20-43;/h4-9,11-23,25-42H,1-3H3;/q-2;. The molecule has 2 aromatic heterocycles. The molecule has 0 fully saturated rings. The Kier molecular flexibility index (Phi) is 12.4. The molecule has 0 amide bonds. The van der Waals surface area contributed by atoms with Crippen molar-refractivity contribution in [1.82, 2.24) is 9.97 Å². The van der Waals surface area contributed by atoms with E-state index in [9.17, 15) is 0 Å². The van der Waals surface area contributed by atoms with Crippen LogP contribution in [0.2, 0.25) is 0 Å². The maximum atomic E-state index is 5.12. The van der Waals surface area contributed by atoms with Crippen LogP contribution in [0.15, 0.2) is 225 Å². The van der Waals surface area contributed by atoms with Crippen molar-refractivity contribution in [2.75, 3.05) is 0 Å². The average molecular weight is 1010 g/mol. The van der Waals surface area contributed by atoms with Crippen molar-refractivity contribution in [3.8, 4) is 100 Å². The third-order valence-electron chi connectivity index (χ3n) is 12.1. The Morgan fingerprint density at radius 1 is 0.369 bits per heavy atom. The van der Waals surface area contributed by atoms with Gasteiger partial charge < -0.3 is 4.98 Å². The van der Waals surface area contributed by atoms with Crippen molar-refractivity contribution >= 4 is 0 Å². The maximum Gasteiger partial charge on any atom is 0.0346 e. The van der Waals surface area contributed by atoms with Crippen molar-refractivity contribution in [1.29, 1.82) is 0 Å². The Hall–Kier alpha value is -7.29. The molecule has 2 heterocycles.